The van der Waals surface area contributed by atoms with Crippen LogP contribution in [-0.2, 0) is 23.7 Å². The Labute approximate surface area is 159 Å². The van der Waals surface area contributed by atoms with E-state index in [1.54, 1.807) is 7.11 Å². The van der Waals surface area contributed by atoms with E-state index in [-0.39, 0.29) is 18.6 Å². The number of rotatable bonds is 5. The molecule has 1 aliphatic carbocycles. The topological polar surface area (TPSA) is 66.4 Å². The second-order valence-corrected chi connectivity index (χ2v) is 6.83. The highest BCUT2D eigenvalue weighted by Crippen LogP contribution is 2.37. The fraction of sp³-hybridized carbons (Fsp3) is 0.524. The van der Waals surface area contributed by atoms with Gasteiger partial charge in [-0.05, 0) is 6.08 Å². The molecule has 6 nitrogen and oxygen atoms in total. The second-order valence-electron chi connectivity index (χ2n) is 6.83. The summed E-state index contributed by atoms with van der Waals surface area (Å²) in [6, 6.07) is 9.70. The quantitative estimate of drug-likeness (QED) is 0.795. The molecule has 2 heterocycles. The third-order valence-corrected chi connectivity index (χ3v) is 5.12. The number of ether oxygens (including phenoxy) is 5. The Bertz CT molecular complexity index is 704. The van der Waals surface area contributed by atoms with Crippen molar-refractivity contribution in [1.29, 1.82) is 0 Å². The average Bonchev–Trinajstić information content (AvgIpc) is 2.75. The highest BCUT2D eigenvalue weighted by Gasteiger charge is 2.49. The van der Waals surface area contributed by atoms with E-state index in [4.69, 9.17) is 23.7 Å². The molecule has 6 heteroatoms. The molecule has 1 N–H and O–H groups in total. The molecule has 144 valence electrons. The van der Waals surface area contributed by atoms with Crippen molar-refractivity contribution >= 4 is 0 Å². The van der Waals surface area contributed by atoms with E-state index in [1.807, 2.05) is 42.5 Å². The third-order valence-electron chi connectivity index (χ3n) is 5.12. The number of aliphatic hydroxyl groups excluding tert-OH is 1. The van der Waals surface area contributed by atoms with Gasteiger partial charge in [0.25, 0.3) is 0 Å². The van der Waals surface area contributed by atoms with Crippen molar-refractivity contribution < 1.29 is 28.8 Å². The molecule has 1 aromatic carbocycles. The van der Waals surface area contributed by atoms with Crippen molar-refractivity contribution in [3.8, 4) is 11.8 Å². The minimum Gasteiger partial charge on any atom is -0.394 e. The smallest absolute Gasteiger partial charge is 0.184 e. The Morgan fingerprint density at radius 2 is 2.07 bits per heavy atom. The SMILES string of the molecule is COC(CO)C1OC(c2ccccc2)OC2COC(C3C=CC#CC3)OC21. The first-order valence-corrected chi connectivity index (χ1v) is 9.22. The third kappa shape index (κ3) is 3.94. The van der Waals surface area contributed by atoms with Crippen LogP contribution in [0.5, 0.6) is 0 Å². The first-order valence-electron chi connectivity index (χ1n) is 9.22. The number of benzene rings is 1. The maximum atomic E-state index is 9.78. The molecular formula is C21H24O6. The first kappa shape index (κ1) is 18.6. The van der Waals surface area contributed by atoms with E-state index in [1.165, 1.54) is 0 Å². The Balaban J connectivity index is 1.54. The molecule has 0 amide bonds. The van der Waals surface area contributed by atoms with Gasteiger partial charge in [-0.15, -0.1) is 0 Å². The van der Waals surface area contributed by atoms with E-state index >= 15 is 0 Å². The molecule has 0 aromatic heterocycles. The summed E-state index contributed by atoms with van der Waals surface area (Å²) in [5, 5.41) is 9.78. The summed E-state index contributed by atoms with van der Waals surface area (Å²) < 4.78 is 29.9. The van der Waals surface area contributed by atoms with Gasteiger partial charge in [0.15, 0.2) is 12.6 Å². The Morgan fingerprint density at radius 1 is 1.22 bits per heavy atom. The van der Waals surface area contributed by atoms with Crippen LogP contribution >= 0.6 is 0 Å². The maximum absolute atomic E-state index is 9.78. The van der Waals surface area contributed by atoms with Crippen LogP contribution in [0.1, 0.15) is 18.3 Å². The second kappa shape index (κ2) is 8.53. The standard InChI is InChI=1S/C21H24O6/c1-23-16(12-22)18-19-17(25-21(27-18)15-10-6-3-7-11-15)13-24-20(26-19)14-8-4-2-5-9-14/h3-4,6-8,10-11,14,16-22H,9,12-13H2,1H3. The van der Waals surface area contributed by atoms with Gasteiger partial charge in [0.2, 0.25) is 0 Å². The minimum atomic E-state index is -0.564. The molecule has 0 bridgehead atoms. The lowest BCUT2D eigenvalue weighted by atomic mass is 9.97. The first-order chi connectivity index (χ1) is 13.3. The zero-order chi connectivity index (χ0) is 18.6. The molecule has 2 fully saturated rings. The van der Waals surface area contributed by atoms with E-state index in [9.17, 15) is 5.11 Å². The van der Waals surface area contributed by atoms with Gasteiger partial charge >= 0.3 is 0 Å². The monoisotopic (exact) mass is 372 g/mol. The van der Waals surface area contributed by atoms with Crippen LogP contribution in [0.4, 0.5) is 0 Å². The number of allylic oxidation sites excluding steroid dienone is 1. The highest BCUT2D eigenvalue weighted by atomic mass is 16.8. The number of fused-ring (bicyclic) bond motifs is 1. The van der Waals surface area contributed by atoms with Crippen LogP contribution in [0.15, 0.2) is 42.5 Å². The molecule has 7 atom stereocenters. The average molecular weight is 372 g/mol. The van der Waals surface area contributed by atoms with Crippen molar-refractivity contribution in [1.82, 2.24) is 0 Å². The molecule has 2 aliphatic heterocycles. The normalized spacial score (nSPS) is 36.4. The zero-order valence-corrected chi connectivity index (χ0v) is 15.2. The summed E-state index contributed by atoms with van der Waals surface area (Å²) in [6.07, 6.45) is 1.83. The molecule has 1 aromatic rings. The van der Waals surface area contributed by atoms with Crippen LogP contribution in [0.2, 0.25) is 0 Å². The van der Waals surface area contributed by atoms with Crippen LogP contribution in [0, 0.1) is 17.8 Å². The van der Waals surface area contributed by atoms with Crippen molar-refractivity contribution in [2.75, 3.05) is 20.3 Å². The Hall–Kier alpha value is -1.72. The van der Waals surface area contributed by atoms with Gasteiger partial charge in [0.05, 0.1) is 13.2 Å². The van der Waals surface area contributed by atoms with E-state index < -0.39 is 30.9 Å². The molecular weight excluding hydrogens is 348 g/mol. The summed E-state index contributed by atoms with van der Waals surface area (Å²) in [7, 11) is 1.56. The van der Waals surface area contributed by atoms with Crippen molar-refractivity contribution in [3.05, 3.63) is 48.0 Å². The predicted octanol–water partition coefficient (Wildman–Crippen LogP) is 1.80. The molecule has 4 rings (SSSR count). The van der Waals surface area contributed by atoms with Gasteiger partial charge in [-0.1, -0.05) is 48.2 Å². The minimum absolute atomic E-state index is 0.0646. The van der Waals surface area contributed by atoms with E-state index in [0.717, 1.165) is 5.56 Å². The van der Waals surface area contributed by atoms with Gasteiger partial charge in [0.1, 0.15) is 24.4 Å². The summed E-state index contributed by atoms with van der Waals surface area (Å²) in [6.45, 7) is 0.216. The van der Waals surface area contributed by atoms with Crippen LogP contribution in [0.3, 0.4) is 0 Å². The van der Waals surface area contributed by atoms with E-state index in [2.05, 4.69) is 11.8 Å². The van der Waals surface area contributed by atoms with Crippen molar-refractivity contribution in [2.24, 2.45) is 5.92 Å². The largest absolute Gasteiger partial charge is 0.394 e. The summed E-state index contributed by atoms with van der Waals surface area (Å²) in [5.41, 5.74) is 0.904. The van der Waals surface area contributed by atoms with E-state index in [0.29, 0.717) is 13.0 Å². The number of hydrogen-bond acceptors (Lipinski definition) is 6. The molecule has 3 aliphatic rings. The lowest BCUT2D eigenvalue weighted by Gasteiger charge is -2.48. The molecule has 0 spiro atoms. The van der Waals surface area contributed by atoms with Crippen LogP contribution < -0.4 is 0 Å². The van der Waals surface area contributed by atoms with Crippen LogP contribution in [0.25, 0.3) is 0 Å². The van der Waals surface area contributed by atoms with Gasteiger partial charge in [-0.25, -0.2) is 0 Å². The van der Waals surface area contributed by atoms with Gasteiger partial charge in [-0.2, -0.15) is 0 Å². The summed E-state index contributed by atoms with van der Waals surface area (Å²) in [5.74, 6) is 6.06. The molecule has 0 radical (unpaired) electrons. The Morgan fingerprint density at radius 3 is 2.78 bits per heavy atom. The fourth-order valence-electron chi connectivity index (χ4n) is 3.65. The number of methoxy groups -OCH3 is 1. The fourth-order valence-corrected chi connectivity index (χ4v) is 3.65. The van der Waals surface area contributed by atoms with Crippen LogP contribution in [-0.4, -0.2) is 56.1 Å². The van der Waals surface area contributed by atoms with Gasteiger partial charge < -0.3 is 28.8 Å². The molecule has 2 saturated heterocycles. The molecule has 0 saturated carbocycles. The molecule has 7 unspecified atom stereocenters. The van der Waals surface area contributed by atoms with Crippen molar-refractivity contribution in [3.63, 3.8) is 0 Å². The summed E-state index contributed by atoms with van der Waals surface area (Å²) in [4.78, 5) is 0. The number of hydrogen-bond donors (Lipinski definition) is 1. The van der Waals surface area contributed by atoms with Gasteiger partial charge in [0, 0.05) is 25.0 Å². The maximum Gasteiger partial charge on any atom is 0.184 e. The lowest BCUT2D eigenvalue weighted by Crippen LogP contribution is -2.60. The highest BCUT2D eigenvalue weighted by molar-refractivity contribution is 5.22. The lowest BCUT2D eigenvalue weighted by molar-refractivity contribution is -0.376. The predicted molar refractivity (Wildman–Crippen MR) is 96.4 cm³/mol. The summed E-state index contributed by atoms with van der Waals surface area (Å²) >= 11 is 0. The van der Waals surface area contributed by atoms with Crippen molar-refractivity contribution in [2.45, 2.75) is 43.4 Å². The Kier molecular flexibility index (Phi) is 5.89. The molecule has 27 heavy (non-hydrogen) atoms. The van der Waals surface area contributed by atoms with Gasteiger partial charge in [-0.3, -0.25) is 0 Å². The zero-order valence-electron chi connectivity index (χ0n) is 15.2. The number of aliphatic hydroxyl groups is 1.